The zero-order valence-corrected chi connectivity index (χ0v) is 20.6. The fourth-order valence-corrected chi connectivity index (χ4v) is 5.86. The van der Waals surface area contributed by atoms with Crippen molar-refractivity contribution in [3.8, 4) is 22.5 Å². The summed E-state index contributed by atoms with van der Waals surface area (Å²) in [6.45, 7) is 0. The molecule has 0 aliphatic carbocycles. The van der Waals surface area contributed by atoms with Crippen LogP contribution in [0.15, 0.2) is 133 Å². The minimum Gasteiger partial charge on any atom is -0.228 e. The van der Waals surface area contributed by atoms with Gasteiger partial charge in [-0.1, -0.05) is 97.1 Å². The summed E-state index contributed by atoms with van der Waals surface area (Å²) < 4.78 is 0. The molecule has 0 atom stereocenters. The zero-order valence-electron chi connectivity index (χ0n) is 20.6. The first kappa shape index (κ1) is 21.0. The van der Waals surface area contributed by atoms with E-state index in [2.05, 4.69) is 133 Å². The third-order valence-corrected chi connectivity index (χ3v) is 7.61. The summed E-state index contributed by atoms with van der Waals surface area (Å²) in [7, 11) is 0. The zero-order chi connectivity index (χ0) is 25.1. The van der Waals surface area contributed by atoms with E-state index in [0.717, 1.165) is 33.5 Å². The topological polar surface area (TPSA) is 25.8 Å². The van der Waals surface area contributed by atoms with Crippen molar-refractivity contribution in [2.45, 2.75) is 0 Å². The van der Waals surface area contributed by atoms with E-state index in [1.165, 1.54) is 43.1 Å². The Balaban J connectivity index is 1.41. The highest BCUT2D eigenvalue weighted by Gasteiger charge is 2.14. The summed E-state index contributed by atoms with van der Waals surface area (Å²) >= 11 is 0. The van der Waals surface area contributed by atoms with Gasteiger partial charge >= 0.3 is 0 Å². The first-order valence-corrected chi connectivity index (χ1v) is 12.9. The Hall–Kier alpha value is -5.08. The maximum Gasteiger partial charge on any atom is 0.160 e. The molecule has 2 heteroatoms. The van der Waals surface area contributed by atoms with Gasteiger partial charge in [-0.15, -0.1) is 0 Å². The number of aromatic nitrogens is 2. The van der Waals surface area contributed by atoms with Crippen LogP contribution in [0.4, 0.5) is 0 Å². The van der Waals surface area contributed by atoms with Gasteiger partial charge in [0.15, 0.2) is 5.65 Å². The number of hydrogen-bond acceptors (Lipinski definition) is 2. The Bertz CT molecular complexity index is 1930. The molecule has 0 unspecified atom stereocenters. The monoisotopic (exact) mass is 482 g/mol. The van der Waals surface area contributed by atoms with Crippen molar-refractivity contribution < 1.29 is 0 Å². The molecule has 38 heavy (non-hydrogen) atoms. The van der Waals surface area contributed by atoms with Crippen LogP contribution in [0.3, 0.4) is 0 Å². The summed E-state index contributed by atoms with van der Waals surface area (Å²) in [6.07, 6.45) is 0. The summed E-state index contributed by atoms with van der Waals surface area (Å²) in [4.78, 5) is 10.4. The Morgan fingerprint density at radius 2 is 0.658 bits per heavy atom. The molecule has 0 N–H and O–H groups in total. The van der Waals surface area contributed by atoms with Crippen LogP contribution < -0.4 is 0 Å². The molecule has 0 saturated heterocycles. The van der Waals surface area contributed by atoms with Crippen molar-refractivity contribution in [1.82, 2.24) is 9.97 Å². The average molecular weight is 483 g/mol. The highest BCUT2D eigenvalue weighted by atomic mass is 14.9. The molecule has 0 radical (unpaired) electrons. The fraction of sp³-hybridized carbons (Fsp3) is 0. The predicted molar refractivity (Wildman–Crippen MR) is 160 cm³/mol. The van der Waals surface area contributed by atoms with Crippen LogP contribution in [-0.2, 0) is 0 Å². The van der Waals surface area contributed by atoms with Gasteiger partial charge in [-0.3, -0.25) is 0 Å². The third kappa shape index (κ3) is 3.21. The van der Waals surface area contributed by atoms with E-state index in [9.17, 15) is 0 Å². The van der Waals surface area contributed by atoms with Crippen LogP contribution in [0.25, 0.3) is 76.6 Å². The normalized spacial score (nSPS) is 11.7. The van der Waals surface area contributed by atoms with Crippen molar-refractivity contribution in [2.24, 2.45) is 0 Å². The Labute approximate surface area is 219 Å². The fourth-order valence-electron chi connectivity index (χ4n) is 5.86. The van der Waals surface area contributed by atoms with Crippen molar-refractivity contribution in [3.63, 3.8) is 0 Å². The molecule has 0 aliphatic heterocycles. The van der Waals surface area contributed by atoms with Gasteiger partial charge in [-0.25, -0.2) is 9.97 Å². The van der Waals surface area contributed by atoms with Gasteiger partial charge in [0.25, 0.3) is 0 Å². The van der Waals surface area contributed by atoms with Gasteiger partial charge in [-0.05, 0) is 79.5 Å². The molecule has 0 saturated carbocycles. The Morgan fingerprint density at radius 1 is 0.316 bits per heavy atom. The van der Waals surface area contributed by atoms with Gasteiger partial charge in [0.2, 0.25) is 0 Å². The van der Waals surface area contributed by atoms with E-state index in [0.29, 0.717) is 0 Å². The number of pyridine rings is 2. The molecule has 0 bridgehead atoms. The maximum absolute atomic E-state index is 5.18. The Kier molecular flexibility index (Phi) is 4.55. The number of benzene rings is 6. The molecular weight excluding hydrogens is 460 g/mol. The van der Waals surface area contributed by atoms with E-state index in [-0.39, 0.29) is 0 Å². The minimum atomic E-state index is 0.758. The second-order valence-electron chi connectivity index (χ2n) is 9.83. The molecular formula is C36H22N2. The quantitative estimate of drug-likeness (QED) is 0.229. The van der Waals surface area contributed by atoms with Crippen molar-refractivity contribution in [1.29, 1.82) is 0 Å². The predicted octanol–water partition coefficient (Wildman–Crippen LogP) is 9.58. The number of rotatable bonds is 2. The van der Waals surface area contributed by atoms with Gasteiger partial charge < -0.3 is 0 Å². The summed E-state index contributed by atoms with van der Waals surface area (Å²) in [6, 6.07) is 47.3. The molecule has 2 aromatic heterocycles. The van der Waals surface area contributed by atoms with Crippen molar-refractivity contribution >= 4 is 54.1 Å². The highest BCUT2D eigenvalue weighted by molar-refractivity contribution is 6.13. The van der Waals surface area contributed by atoms with Crippen LogP contribution in [0.1, 0.15) is 0 Å². The third-order valence-electron chi connectivity index (χ3n) is 7.61. The Morgan fingerprint density at radius 3 is 1.03 bits per heavy atom. The molecule has 0 fully saturated rings. The smallest absolute Gasteiger partial charge is 0.160 e. The average Bonchev–Trinajstić information content (AvgIpc) is 2.98. The van der Waals surface area contributed by atoms with Gasteiger partial charge in [-0.2, -0.15) is 0 Å². The second-order valence-corrected chi connectivity index (χ2v) is 9.83. The first-order valence-electron chi connectivity index (χ1n) is 12.9. The SMILES string of the molecule is c1ccc2c(-c3ccc4ccc(-c5c6ccccc6cc6ccccc56)nc4n3)c3ccccc3cc2c1. The van der Waals surface area contributed by atoms with Gasteiger partial charge in [0, 0.05) is 16.5 Å². The van der Waals surface area contributed by atoms with Crippen LogP contribution in [0.5, 0.6) is 0 Å². The minimum absolute atomic E-state index is 0.758. The van der Waals surface area contributed by atoms with E-state index in [4.69, 9.17) is 9.97 Å². The second kappa shape index (κ2) is 8.22. The molecule has 0 aliphatic rings. The lowest BCUT2D eigenvalue weighted by Crippen LogP contribution is -1.94. The molecule has 8 rings (SSSR count). The first-order chi connectivity index (χ1) is 18.8. The van der Waals surface area contributed by atoms with E-state index < -0.39 is 0 Å². The molecule has 8 aromatic rings. The van der Waals surface area contributed by atoms with Crippen LogP contribution in [0, 0.1) is 0 Å². The number of hydrogen-bond donors (Lipinski definition) is 0. The lowest BCUT2D eigenvalue weighted by molar-refractivity contribution is 1.30. The lowest BCUT2D eigenvalue weighted by Gasteiger charge is -2.13. The summed E-state index contributed by atoms with van der Waals surface area (Å²) in [5.74, 6) is 0. The highest BCUT2D eigenvalue weighted by Crippen LogP contribution is 2.38. The van der Waals surface area contributed by atoms with E-state index in [1.807, 2.05) is 0 Å². The number of nitrogens with zero attached hydrogens (tertiary/aromatic N) is 2. The summed E-state index contributed by atoms with van der Waals surface area (Å²) in [5, 5.41) is 10.7. The largest absolute Gasteiger partial charge is 0.228 e. The molecule has 0 amide bonds. The van der Waals surface area contributed by atoms with E-state index >= 15 is 0 Å². The van der Waals surface area contributed by atoms with Crippen LogP contribution >= 0.6 is 0 Å². The standard InChI is InChI=1S/C36H22N2/c1-5-13-28-24(9-1)21-25-10-2-6-14-29(25)34(28)32-19-17-23-18-20-33(38-36(23)37-32)35-30-15-7-3-11-26(30)22-27-12-4-8-16-31(27)35/h1-22H. The molecule has 6 aromatic carbocycles. The van der Waals surface area contributed by atoms with E-state index in [1.54, 1.807) is 0 Å². The maximum atomic E-state index is 5.18. The molecule has 176 valence electrons. The summed E-state index contributed by atoms with van der Waals surface area (Å²) in [5.41, 5.74) is 4.96. The van der Waals surface area contributed by atoms with Gasteiger partial charge in [0.05, 0.1) is 11.4 Å². The van der Waals surface area contributed by atoms with Crippen molar-refractivity contribution in [2.75, 3.05) is 0 Å². The van der Waals surface area contributed by atoms with Gasteiger partial charge in [0.1, 0.15) is 0 Å². The van der Waals surface area contributed by atoms with Crippen LogP contribution in [-0.4, -0.2) is 9.97 Å². The molecule has 0 spiro atoms. The van der Waals surface area contributed by atoms with Crippen LogP contribution in [0.2, 0.25) is 0 Å². The molecule has 2 heterocycles. The molecule has 2 nitrogen and oxygen atoms in total. The number of fused-ring (bicyclic) bond motifs is 5. The van der Waals surface area contributed by atoms with Crippen molar-refractivity contribution in [3.05, 3.63) is 133 Å². The lowest BCUT2D eigenvalue weighted by atomic mass is 9.94.